The Kier molecular flexibility index (Phi) is 16.4. The van der Waals surface area contributed by atoms with Crippen LogP contribution in [-0.2, 0) is 21.7 Å². The number of thiophene rings is 1. The summed E-state index contributed by atoms with van der Waals surface area (Å²) < 4.78 is 1.21. The van der Waals surface area contributed by atoms with Crippen LogP contribution in [0.1, 0.15) is 105 Å². The first-order valence-corrected chi connectivity index (χ1v) is 32.4. The zero-order chi connectivity index (χ0) is 62.4. The lowest BCUT2D eigenvalue weighted by molar-refractivity contribution is 0.590. The second-order valence-corrected chi connectivity index (χ2v) is 29.0. The molecule has 0 aliphatic carbocycles. The summed E-state index contributed by atoms with van der Waals surface area (Å²) in [5.41, 5.74) is 22.6. The second-order valence-electron chi connectivity index (χ2n) is 27.7. The summed E-state index contributed by atoms with van der Waals surface area (Å²) in [6.45, 7) is 27.4. The SMILES string of the molecule is CC(C)(C)c1ccc(N(c2ccc(-c3ccccc3)cc2)c2cccc(N(c3ccc(C(C)(C)C)cc3-c3ccccc3)c3cc(-c4ccc(-c5ccccc5)cc4)cc(N(c4ccc(C(C)(C)C)cc4)c4csc5ccc(C(C)(C)C)cc45)c3Cl)c2)cc1. The second kappa shape index (κ2) is 24.2. The molecule has 0 atom stereocenters. The topological polar surface area (TPSA) is 9.72 Å². The van der Waals surface area contributed by atoms with Gasteiger partial charge in [-0.1, -0.05) is 265 Å². The molecule has 0 aliphatic heterocycles. The fraction of sp³-hybridized carbons (Fsp3) is 0.190. The van der Waals surface area contributed by atoms with E-state index in [0.717, 1.165) is 84.6 Å². The number of hydrogen-bond acceptors (Lipinski definition) is 4. The summed E-state index contributed by atoms with van der Waals surface area (Å²) in [6.07, 6.45) is 0. The molecule has 0 aliphatic rings. The molecule has 12 rings (SSSR count). The molecule has 89 heavy (non-hydrogen) atoms. The standard InChI is InChI=1S/C84H80ClN3S/c1-81(2,3)64-37-45-69(46-38-64)86(68-43-35-60(36-44-68)58-25-18-14-19-26-58)71-29-22-30-72(55-71)88(75-49-41-66(83(7,8)9)53-73(75)62-27-20-15-21-28-62)77-52-63(61-33-31-59(32-34-61)57-23-16-13-17-24-57)51-76(80(77)85)87(70-47-39-65(40-48-70)82(4,5)6)78-56-89-79-50-42-67(54-74(78)79)84(10,11)12/h13-56H,1-12H3. The minimum absolute atomic E-state index is 0.0198. The van der Waals surface area contributed by atoms with Crippen LogP contribution in [0.5, 0.6) is 0 Å². The summed E-state index contributed by atoms with van der Waals surface area (Å²) in [5.74, 6) is 0. The fourth-order valence-corrected chi connectivity index (χ4v) is 13.1. The van der Waals surface area contributed by atoms with Crippen molar-refractivity contribution in [2.75, 3.05) is 14.7 Å². The van der Waals surface area contributed by atoms with Gasteiger partial charge in [0.15, 0.2) is 0 Å². The molecular formula is C84H80ClN3S. The van der Waals surface area contributed by atoms with Gasteiger partial charge < -0.3 is 14.7 Å². The van der Waals surface area contributed by atoms with E-state index in [1.807, 2.05) is 0 Å². The number of hydrogen-bond donors (Lipinski definition) is 0. The van der Waals surface area contributed by atoms with Gasteiger partial charge in [-0.25, -0.2) is 0 Å². The van der Waals surface area contributed by atoms with Crippen LogP contribution in [-0.4, -0.2) is 0 Å². The third-order valence-electron chi connectivity index (χ3n) is 17.3. The predicted molar refractivity (Wildman–Crippen MR) is 387 cm³/mol. The number of benzene rings is 11. The molecule has 0 radical (unpaired) electrons. The zero-order valence-electron chi connectivity index (χ0n) is 53.5. The number of fused-ring (bicyclic) bond motifs is 1. The fourth-order valence-electron chi connectivity index (χ4n) is 12.0. The van der Waals surface area contributed by atoms with Crippen molar-refractivity contribution in [1.29, 1.82) is 0 Å². The third kappa shape index (κ3) is 12.7. The molecule has 1 aromatic heterocycles. The highest BCUT2D eigenvalue weighted by Gasteiger charge is 2.30. The van der Waals surface area contributed by atoms with Gasteiger partial charge in [-0.3, -0.25) is 0 Å². The maximum absolute atomic E-state index is 8.61. The average molecular weight is 1200 g/mol. The first-order chi connectivity index (χ1) is 42.6. The van der Waals surface area contributed by atoms with Crippen LogP contribution in [0.2, 0.25) is 5.02 Å². The Morgan fingerprint density at radius 1 is 0.270 bits per heavy atom. The Labute approximate surface area is 538 Å². The molecule has 0 saturated carbocycles. The average Bonchev–Trinajstić information content (AvgIpc) is 1.68. The molecule has 11 aromatic carbocycles. The largest absolute Gasteiger partial charge is 0.310 e. The molecular weight excluding hydrogens is 1120 g/mol. The normalized spacial score (nSPS) is 12.1. The highest BCUT2D eigenvalue weighted by Crippen LogP contribution is 2.54. The minimum Gasteiger partial charge on any atom is -0.310 e. The molecule has 5 heteroatoms. The Balaban J connectivity index is 1.16. The van der Waals surface area contributed by atoms with Gasteiger partial charge in [0.05, 0.1) is 27.8 Å². The van der Waals surface area contributed by atoms with Crippen molar-refractivity contribution in [3.05, 3.63) is 294 Å². The summed E-state index contributed by atoms with van der Waals surface area (Å²) in [6, 6.07) is 96.0. The number of nitrogens with zero attached hydrogens (tertiary/aromatic N) is 3. The molecule has 0 amide bonds. The molecule has 0 bridgehead atoms. The van der Waals surface area contributed by atoms with Crippen molar-refractivity contribution in [3.63, 3.8) is 0 Å². The van der Waals surface area contributed by atoms with Crippen LogP contribution in [0.25, 0.3) is 54.6 Å². The van der Waals surface area contributed by atoms with Gasteiger partial charge in [0, 0.05) is 49.5 Å². The van der Waals surface area contributed by atoms with Gasteiger partial charge in [0.25, 0.3) is 0 Å². The molecule has 0 saturated heterocycles. The molecule has 0 unspecified atom stereocenters. The van der Waals surface area contributed by atoms with Gasteiger partial charge in [0.1, 0.15) is 0 Å². The van der Waals surface area contributed by atoms with E-state index in [1.54, 1.807) is 11.3 Å². The van der Waals surface area contributed by atoms with E-state index in [0.29, 0.717) is 5.02 Å². The zero-order valence-corrected chi connectivity index (χ0v) is 55.1. The monoisotopic (exact) mass is 1200 g/mol. The van der Waals surface area contributed by atoms with Crippen molar-refractivity contribution in [2.45, 2.75) is 105 Å². The van der Waals surface area contributed by atoms with E-state index >= 15 is 0 Å². The quantitative estimate of drug-likeness (QED) is 0.114. The van der Waals surface area contributed by atoms with E-state index in [4.69, 9.17) is 11.6 Å². The lowest BCUT2D eigenvalue weighted by Crippen LogP contribution is -2.18. The highest BCUT2D eigenvalue weighted by atomic mass is 35.5. The summed E-state index contributed by atoms with van der Waals surface area (Å²) in [7, 11) is 0. The van der Waals surface area contributed by atoms with Gasteiger partial charge in [0.2, 0.25) is 0 Å². The third-order valence-corrected chi connectivity index (χ3v) is 18.6. The summed E-state index contributed by atoms with van der Waals surface area (Å²) in [5, 5.41) is 4.11. The van der Waals surface area contributed by atoms with Crippen LogP contribution in [0.3, 0.4) is 0 Å². The van der Waals surface area contributed by atoms with Crippen molar-refractivity contribution in [2.24, 2.45) is 0 Å². The van der Waals surface area contributed by atoms with Crippen LogP contribution < -0.4 is 14.7 Å². The van der Waals surface area contributed by atoms with E-state index in [9.17, 15) is 0 Å². The molecule has 1 heterocycles. The summed E-state index contributed by atoms with van der Waals surface area (Å²) >= 11 is 10.4. The lowest BCUT2D eigenvalue weighted by Gasteiger charge is -2.34. The van der Waals surface area contributed by atoms with Crippen molar-refractivity contribution >= 4 is 84.2 Å². The van der Waals surface area contributed by atoms with E-state index in [1.165, 1.54) is 43.5 Å². The van der Waals surface area contributed by atoms with Crippen LogP contribution >= 0.6 is 22.9 Å². The maximum atomic E-state index is 8.61. The Hall–Kier alpha value is -8.93. The lowest BCUT2D eigenvalue weighted by atomic mass is 9.84. The first kappa shape index (κ1) is 60.4. The van der Waals surface area contributed by atoms with Crippen molar-refractivity contribution < 1.29 is 0 Å². The minimum atomic E-state index is -0.137. The van der Waals surface area contributed by atoms with Crippen molar-refractivity contribution in [3.8, 4) is 44.5 Å². The van der Waals surface area contributed by atoms with Crippen LogP contribution in [0, 0.1) is 0 Å². The van der Waals surface area contributed by atoms with E-state index in [2.05, 4.69) is 364 Å². The molecule has 12 aromatic rings. The van der Waals surface area contributed by atoms with Gasteiger partial charge in [-0.15, -0.1) is 11.3 Å². The molecule has 0 spiro atoms. The summed E-state index contributed by atoms with van der Waals surface area (Å²) in [4.78, 5) is 7.23. The molecule has 444 valence electrons. The van der Waals surface area contributed by atoms with E-state index < -0.39 is 0 Å². The Morgan fingerprint density at radius 3 is 1.12 bits per heavy atom. The maximum Gasteiger partial charge on any atom is 0.0887 e. The van der Waals surface area contributed by atoms with Gasteiger partial charge >= 0.3 is 0 Å². The van der Waals surface area contributed by atoms with Crippen LogP contribution in [0.15, 0.2) is 266 Å². The van der Waals surface area contributed by atoms with Gasteiger partial charge in [-0.2, -0.15) is 0 Å². The molecule has 3 nitrogen and oxygen atoms in total. The smallest absolute Gasteiger partial charge is 0.0887 e. The highest BCUT2D eigenvalue weighted by molar-refractivity contribution is 7.17. The molecule has 0 N–H and O–H groups in total. The van der Waals surface area contributed by atoms with Crippen molar-refractivity contribution in [1.82, 2.24) is 0 Å². The van der Waals surface area contributed by atoms with E-state index in [-0.39, 0.29) is 21.7 Å². The number of rotatable bonds is 13. The molecule has 0 fully saturated rings. The van der Waals surface area contributed by atoms with Gasteiger partial charge in [-0.05, 0) is 174 Å². The number of anilines is 9. The Morgan fingerprint density at radius 2 is 0.640 bits per heavy atom. The predicted octanol–water partition coefficient (Wildman–Crippen LogP) is 25.8. The Bertz CT molecular complexity index is 4430. The van der Waals surface area contributed by atoms with Crippen LogP contribution in [0.4, 0.5) is 51.2 Å². The number of halogens is 1. The first-order valence-electron chi connectivity index (χ1n) is 31.1.